The number of carbonyl (C=O) groups is 1. The van der Waals surface area contributed by atoms with E-state index in [1.54, 1.807) is 24.3 Å². The molecule has 0 fully saturated rings. The van der Waals surface area contributed by atoms with E-state index >= 15 is 0 Å². The van der Waals surface area contributed by atoms with Crippen LogP contribution >= 0.6 is 0 Å². The lowest BCUT2D eigenvalue weighted by molar-refractivity contribution is 0.251. The highest BCUT2D eigenvalue weighted by atomic mass is 32.2. The Labute approximate surface area is 148 Å². The molecule has 0 heterocycles. The van der Waals surface area contributed by atoms with Crippen LogP contribution in [0.5, 0.6) is 0 Å². The smallest absolute Gasteiger partial charge is 0.319 e. The number of hydrogen-bond acceptors (Lipinski definition) is 3. The van der Waals surface area contributed by atoms with Crippen LogP contribution in [0.2, 0.25) is 0 Å². The Hall–Kier alpha value is -2.59. The maximum absolute atomic E-state index is 13.5. The van der Waals surface area contributed by atoms with Gasteiger partial charge in [-0.25, -0.2) is 31.1 Å². The quantitative estimate of drug-likeness (QED) is 0.666. The van der Waals surface area contributed by atoms with Crippen LogP contribution in [0.15, 0.2) is 36.4 Å². The van der Waals surface area contributed by atoms with Gasteiger partial charge in [-0.15, -0.1) is 0 Å². The van der Waals surface area contributed by atoms with Crippen molar-refractivity contribution >= 4 is 21.7 Å². The van der Waals surface area contributed by atoms with E-state index in [9.17, 15) is 26.4 Å². The fourth-order valence-electron chi connectivity index (χ4n) is 2.02. The summed E-state index contributed by atoms with van der Waals surface area (Å²) >= 11 is 0. The first-order valence-electron chi connectivity index (χ1n) is 7.39. The van der Waals surface area contributed by atoms with E-state index in [1.807, 2.05) is 0 Å². The summed E-state index contributed by atoms with van der Waals surface area (Å²) in [5, 5.41) is 4.50. The van der Waals surface area contributed by atoms with Crippen LogP contribution < -0.4 is 15.4 Å². The Morgan fingerprint density at radius 3 is 2.19 bits per heavy atom. The zero-order valence-electron chi connectivity index (χ0n) is 13.6. The molecular weight excluding hydrogens is 371 g/mol. The molecule has 0 radical (unpaired) electrons. The van der Waals surface area contributed by atoms with E-state index in [1.165, 1.54) is 7.05 Å². The third-order valence-corrected chi connectivity index (χ3v) is 4.76. The first kappa shape index (κ1) is 19.7. The van der Waals surface area contributed by atoms with Crippen molar-refractivity contribution in [1.82, 2.24) is 10.0 Å². The number of nitrogens with one attached hydrogen (secondary N) is 3. The van der Waals surface area contributed by atoms with Gasteiger partial charge in [-0.2, -0.15) is 0 Å². The van der Waals surface area contributed by atoms with Crippen LogP contribution in [0.3, 0.4) is 0 Å². The van der Waals surface area contributed by atoms with Crippen LogP contribution in [0.4, 0.5) is 23.7 Å². The zero-order chi connectivity index (χ0) is 19.3. The van der Waals surface area contributed by atoms with Crippen LogP contribution in [0, 0.1) is 17.5 Å². The van der Waals surface area contributed by atoms with Crippen LogP contribution in [0.1, 0.15) is 11.1 Å². The number of benzene rings is 2. The van der Waals surface area contributed by atoms with E-state index in [0.29, 0.717) is 17.2 Å². The molecule has 0 bridgehead atoms. The number of sulfonamides is 1. The maximum atomic E-state index is 13.5. The van der Waals surface area contributed by atoms with Crippen molar-refractivity contribution in [3.05, 3.63) is 65.0 Å². The Balaban J connectivity index is 1.92. The minimum Gasteiger partial charge on any atom is -0.334 e. The zero-order valence-corrected chi connectivity index (χ0v) is 14.5. The first-order valence-corrected chi connectivity index (χ1v) is 9.04. The highest BCUT2D eigenvalue weighted by Gasteiger charge is 2.15. The minimum absolute atomic E-state index is 0.0657. The van der Waals surface area contributed by atoms with Crippen molar-refractivity contribution < 1.29 is 26.4 Å². The summed E-state index contributed by atoms with van der Waals surface area (Å²) in [5.74, 6) is -4.69. The van der Waals surface area contributed by atoms with Gasteiger partial charge in [0.15, 0.2) is 17.5 Å². The molecular formula is C16H16F3N3O3S. The number of halogens is 3. The van der Waals surface area contributed by atoms with Crippen molar-refractivity contribution in [3.8, 4) is 0 Å². The molecule has 0 aromatic heterocycles. The minimum atomic E-state index is -3.38. The summed E-state index contributed by atoms with van der Waals surface area (Å²) in [5.41, 5.74) is 0.738. The summed E-state index contributed by atoms with van der Waals surface area (Å²) in [4.78, 5) is 11.7. The molecule has 2 aromatic carbocycles. The molecule has 0 spiro atoms. The van der Waals surface area contributed by atoms with E-state index in [0.717, 1.165) is 6.07 Å². The normalized spacial score (nSPS) is 11.2. The lowest BCUT2D eigenvalue weighted by Gasteiger charge is -2.10. The second-order valence-corrected chi connectivity index (χ2v) is 7.24. The SMILES string of the molecule is CNS(=O)(=O)Cc1ccc(CNC(=O)Nc2ccc(F)c(F)c2F)cc1. The largest absolute Gasteiger partial charge is 0.334 e. The highest BCUT2D eigenvalue weighted by molar-refractivity contribution is 7.88. The van der Waals surface area contributed by atoms with Gasteiger partial charge in [0.05, 0.1) is 11.4 Å². The van der Waals surface area contributed by atoms with Gasteiger partial charge in [0.1, 0.15) is 0 Å². The molecule has 6 nitrogen and oxygen atoms in total. The molecule has 0 atom stereocenters. The second kappa shape index (κ2) is 8.19. The van der Waals surface area contributed by atoms with Gasteiger partial charge in [0, 0.05) is 6.54 Å². The lowest BCUT2D eigenvalue weighted by Crippen LogP contribution is -2.28. The number of anilines is 1. The summed E-state index contributed by atoms with van der Waals surface area (Å²) in [7, 11) is -2.06. The first-order chi connectivity index (χ1) is 12.2. The van der Waals surface area contributed by atoms with E-state index < -0.39 is 39.2 Å². The number of hydrogen-bond donors (Lipinski definition) is 3. The van der Waals surface area contributed by atoms with E-state index in [4.69, 9.17) is 0 Å². The van der Waals surface area contributed by atoms with Gasteiger partial charge in [-0.1, -0.05) is 24.3 Å². The van der Waals surface area contributed by atoms with Crippen LogP contribution in [-0.2, 0) is 22.3 Å². The molecule has 0 saturated carbocycles. The number of amides is 2. The molecule has 2 rings (SSSR count). The Morgan fingerprint density at radius 2 is 1.58 bits per heavy atom. The Morgan fingerprint density at radius 1 is 0.962 bits per heavy atom. The number of urea groups is 1. The molecule has 0 aliphatic carbocycles. The monoisotopic (exact) mass is 387 g/mol. The third-order valence-electron chi connectivity index (χ3n) is 3.43. The molecule has 0 aliphatic heterocycles. The van der Waals surface area contributed by atoms with Crippen molar-refractivity contribution in [2.45, 2.75) is 12.3 Å². The van der Waals surface area contributed by atoms with Crippen molar-refractivity contribution in [2.24, 2.45) is 0 Å². The summed E-state index contributed by atoms with van der Waals surface area (Å²) in [6.07, 6.45) is 0. The molecule has 140 valence electrons. The molecule has 3 N–H and O–H groups in total. The van der Waals surface area contributed by atoms with Gasteiger partial charge in [-0.3, -0.25) is 0 Å². The predicted octanol–water partition coefficient (Wildman–Crippen LogP) is 2.47. The predicted molar refractivity (Wildman–Crippen MR) is 90.3 cm³/mol. The molecule has 2 amide bonds. The maximum Gasteiger partial charge on any atom is 0.319 e. The van der Waals surface area contributed by atoms with Crippen molar-refractivity contribution in [1.29, 1.82) is 0 Å². The topological polar surface area (TPSA) is 87.3 Å². The van der Waals surface area contributed by atoms with Crippen LogP contribution in [-0.4, -0.2) is 21.5 Å². The number of carbonyl (C=O) groups excluding carboxylic acids is 1. The van der Waals surface area contributed by atoms with Crippen molar-refractivity contribution in [3.63, 3.8) is 0 Å². The number of rotatable bonds is 6. The third kappa shape index (κ3) is 5.20. The van der Waals surface area contributed by atoms with Crippen molar-refractivity contribution in [2.75, 3.05) is 12.4 Å². The van der Waals surface area contributed by atoms with Gasteiger partial charge < -0.3 is 10.6 Å². The van der Waals surface area contributed by atoms with Crippen LogP contribution in [0.25, 0.3) is 0 Å². The summed E-state index contributed by atoms with van der Waals surface area (Å²) in [6, 6.07) is 7.24. The molecule has 0 unspecified atom stereocenters. The van der Waals surface area contributed by atoms with Gasteiger partial charge in [-0.05, 0) is 30.3 Å². The van der Waals surface area contributed by atoms with Gasteiger partial charge >= 0.3 is 6.03 Å². The average molecular weight is 387 g/mol. The fraction of sp³-hybridized carbons (Fsp3) is 0.188. The molecule has 26 heavy (non-hydrogen) atoms. The molecule has 10 heteroatoms. The average Bonchev–Trinajstić information content (AvgIpc) is 2.61. The summed E-state index contributed by atoms with van der Waals surface area (Å²) < 4.78 is 64.5. The molecule has 0 aliphatic rings. The molecule has 2 aromatic rings. The summed E-state index contributed by atoms with van der Waals surface area (Å²) in [6.45, 7) is 0.0657. The Kier molecular flexibility index (Phi) is 6.22. The lowest BCUT2D eigenvalue weighted by atomic mass is 10.1. The van der Waals surface area contributed by atoms with E-state index in [2.05, 4.69) is 15.4 Å². The highest BCUT2D eigenvalue weighted by Crippen LogP contribution is 2.19. The fourth-order valence-corrected chi connectivity index (χ4v) is 2.79. The van der Waals surface area contributed by atoms with E-state index in [-0.39, 0.29) is 12.3 Å². The Bertz CT molecular complexity index is 903. The standard InChI is InChI=1S/C16H16F3N3O3S/c1-20-26(24,25)9-11-4-2-10(3-5-11)8-21-16(23)22-13-7-6-12(17)14(18)15(13)19/h2-7,20H,8-9H2,1H3,(H2,21,22,23). The van der Waals surface area contributed by atoms with Gasteiger partial charge in [0.25, 0.3) is 0 Å². The van der Waals surface area contributed by atoms with Gasteiger partial charge in [0.2, 0.25) is 10.0 Å². The molecule has 0 saturated heterocycles. The second-order valence-electron chi connectivity index (χ2n) is 5.31.